The van der Waals surface area contributed by atoms with Crippen molar-refractivity contribution in [3.05, 3.63) is 11.6 Å². The van der Waals surface area contributed by atoms with Crippen LogP contribution in [-0.4, -0.2) is 21.9 Å². The van der Waals surface area contributed by atoms with Gasteiger partial charge in [0.1, 0.15) is 0 Å². The van der Waals surface area contributed by atoms with Crippen molar-refractivity contribution in [2.24, 2.45) is 45.8 Å². The zero-order chi connectivity index (χ0) is 23.5. The van der Waals surface area contributed by atoms with Gasteiger partial charge in [-0.25, -0.2) is 0 Å². The summed E-state index contributed by atoms with van der Waals surface area (Å²) in [6.07, 6.45) is 15.3. The first-order valence-corrected chi connectivity index (χ1v) is 13.9. The SMILES string of the molecule is CC[C@]1(O)CC[C@H]2C(=CC[C@@]3(C)[C@@H]4CC[C@H]([C@H](C)CCC(O)C(C)(C)C)[C@@]4(C)CC[C@H]23)C1. The number of fused-ring (bicyclic) bond motifs is 5. The van der Waals surface area contributed by atoms with E-state index in [0.29, 0.717) is 16.7 Å². The lowest BCUT2D eigenvalue weighted by molar-refractivity contribution is -0.0965. The van der Waals surface area contributed by atoms with Gasteiger partial charge in [-0.2, -0.15) is 0 Å². The first kappa shape index (κ1) is 24.8. The maximum absolute atomic E-state index is 10.9. The summed E-state index contributed by atoms with van der Waals surface area (Å²) in [6, 6.07) is 0. The molecule has 0 spiro atoms. The third kappa shape index (κ3) is 4.04. The van der Waals surface area contributed by atoms with Crippen LogP contribution in [0.15, 0.2) is 11.6 Å². The summed E-state index contributed by atoms with van der Waals surface area (Å²) < 4.78 is 0. The van der Waals surface area contributed by atoms with Gasteiger partial charge in [0.25, 0.3) is 0 Å². The monoisotopic (exact) mass is 444 g/mol. The van der Waals surface area contributed by atoms with Crippen LogP contribution in [0.2, 0.25) is 0 Å². The Hall–Kier alpha value is -0.340. The number of hydrogen-bond donors (Lipinski definition) is 2. The minimum atomic E-state index is -0.440. The molecule has 0 aromatic rings. The molecular weight excluding hydrogens is 392 g/mol. The fourth-order valence-corrected chi connectivity index (χ4v) is 9.25. The molecule has 0 bridgehead atoms. The highest BCUT2D eigenvalue weighted by atomic mass is 16.3. The summed E-state index contributed by atoms with van der Waals surface area (Å²) in [5, 5.41) is 21.6. The molecule has 3 saturated carbocycles. The van der Waals surface area contributed by atoms with Crippen LogP contribution in [0.3, 0.4) is 0 Å². The van der Waals surface area contributed by atoms with Gasteiger partial charge >= 0.3 is 0 Å². The molecule has 32 heavy (non-hydrogen) atoms. The van der Waals surface area contributed by atoms with Crippen LogP contribution in [0, 0.1) is 45.8 Å². The third-order valence-electron chi connectivity index (χ3n) is 11.5. The number of hydrogen-bond acceptors (Lipinski definition) is 2. The zero-order valence-corrected chi connectivity index (χ0v) is 22.2. The minimum Gasteiger partial charge on any atom is -0.393 e. The largest absolute Gasteiger partial charge is 0.393 e. The Kier molecular flexibility index (Phi) is 6.50. The average molecular weight is 445 g/mol. The summed E-state index contributed by atoms with van der Waals surface area (Å²) in [6.45, 7) is 16.4. The molecule has 0 aromatic carbocycles. The van der Waals surface area contributed by atoms with Crippen LogP contribution in [0.1, 0.15) is 119 Å². The van der Waals surface area contributed by atoms with Gasteiger partial charge in [0.05, 0.1) is 11.7 Å². The van der Waals surface area contributed by atoms with Gasteiger partial charge in [-0.1, -0.05) is 60.1 Å². The number of rotatable bonds is 5. The average Bonchev–Trinajstić information content (AvgIpc) is 3.09. The Morgan fingerprint density at radius 1 is 1.03 bits per heavy atom. The van der Waals surface area contributed by atoms with Gasteiger partial charge < -0.3 is 10.2 Å². The maximum Gasteiger partial charge on any atom is 0.0682 e. The van der Waals surface area contributed by atoms with E-state index in [4.69, 9.17) is 0 Å². The van der Waals surface area contributed by atoms with Crippen molar-refractivity contribution in [1.82, 2.24) is 0 Å². The van der Waals surface area contributed by atoms with Crippen molar-refractivity contribution in [2.75, 3.05) is 0 Å². The highest BCUT2D eigenvalue weighted by Crippen LogP contribution is 2.69. The van der Waals surface area contributed by atoms with Crippen molar-refractivity contribution in [2.45, 2.75) is 131 Å². The van der Waals surface area contributed by atoms with Gasteiger partial charge in [0.15, 0.2) is 0 Å². The second-order valence-electron chi connectivity index (χ2n) is 14.2. The number of allylic oxidation sites excluding steroid dienone is 1. The Balaban J connectivity index is 1.49. The van der Waals surface area contributed by atoms with Crippen molar-refractivity contribution < 1.29 is 10.2 Å². The quantitative estimate of drug-likeness (QED) is 0.430. The molecule has 0 aromatic heterocycles. The fraction of sp³-hybridized carbons (Fsp3) is 0.933. The molecule has 4 rings (SSSR count). The predicted octanol–water partition coefficient (Wildman–Crippen LogP) is 7.53. The van der Waals surface area contributed by atoms with Gasteiger partial charge in [0.2, 0.25) is 0 Å². The minimum absolute atomic E-state index is 0.0105. The Bertz CT molecular complexity index is 719. The molecule has 0 radical (unpaired) electrons. The summed E-state index contributed by atoms with van der Waals surface area (Å²) in [7, 11) is 0. The Morgan fingerprint density at radius 3 is 2.41 bits per heavy atom. The van der Waals surface area contributed by atoms with Gasteiger partial charge in [0, 0.05) is 0 Å². The molecule has 2 N–H and O–H groups in total. The molecule has 2 nitrogen and oxygen atoms in total. The van der Waals surface area contributed by atoms with Crippen molar-refractivity contribution >= 4 is 0 Å². The molecule has 0 saturated heterocycles. The highest BCUT2D eigenvalue weighted by molar-refractivity contribution is 5.24. The molecule has 184 valence electrons. The number of aliphatic hydroxyl groups excluding tert-OH is 1. The Labute approximate surface area is 198 Å². The molecule has 0 amide bonds. The molecule has 1 unspecified atom stereocenters. The van der Waals surface area contributed by atoms with E-state index in [2.05, 4.69) is 54.5 Å². The van der Waals surface area contributed by atoms with E-state index in [-0.39, 0.29) is 11.5 Å². The van der Waals surface area contributed by atoms with Gasteiger partial charge in [-0.05, 0) is 116 Å². The smallest absolute Gasteiger partial charge is 0.0682 e. The fourth-order valence-electron chi connectivity index (χ4n) is 9.25. The second-order valence-corrected chi connectivity index (χ2v) is 14.2. The maximum atomic E-state index is 10.9. The standard InChI is InChI=1S/C30H52O2/c1-8-30(32)18-14-22-21(19-30)13-16-29(7)24(22)15-17-28(6)23(10-11-25(28)29)20(2)9-12-26(31)27(3,4)5/h13,20,22-26,31-32H,8-12,14-19H2,1-7H3/t20-,22+,23-,24-,25-,26?,28-,29-,30+/m1/s1. The topological polar surface area (TPSA) is 40.5 Å². The van der Waals surface area contributed by atoms with Crippen LogP contribution in [-0.2, 0) is 0 Å². The van der Waals surface area contributed by atoms with Crippen LogP contribution in [0.5, 0.6) is 0 Å². The van der Waals surface area contributed by atoms with Crippen molar-refractivity contribution in [3.63, 3.8) is 0 Å². The lowest BCUT2D eigenvalue weighted by Gasteiger charge is -2.60. The second kappa shape index (κ2) is 8.40. The third-order valence-corrected chi connectivity index (χ3v) is 11.5. The van der Waals surface area contributed by atoms with Crippen molar-refractivity contribution in [1.29, 1.82) is 0 Å². The van der Waals surface area contributed by atoms with E-state index < -0.39 is 5.60 Å². The number of aliphatic hydroxyl groups is 2. The van der Waals surface area contributed by atoms with Gasteiger partial charge in [-0.3, -0.25) is 0 Å². The Morgan fingerprint density at radius 2 is 1.75 bits per heavy atom. The van der Waals surface area contributed by atoms with E-state index in [1.54, 1.807) is 5.57 Å². The molecule has 3 fully saturated rings. The molecule has 4 aliphatic carbocycles. The molecule has 9 atom stereocenters. The molecule has 0 heterocycles. The van der Waals surface area contributed by atoms with Crippen LogP contribution in [0.25, 0.3) is 0 Å². The van der Waals surface area contributed by atoms with E-state index >= 15 is 0 Å². The predicted molar refractivity (Wildman–Crippen MR) is 134 cm³/mol. The van der Waals surface area contributed by atoms with Crippen LogP contribution < -0.4 is 0 Å². The van der Waals surface area contributed by atoms with Gasteiger partial charge in [-0.15, -0.1) is 0 Å². The molecule has 0 aliphatic heterocycles. The summed E-state index contributed by atoms with van der Waals surface area (Å²) in [5.41, 5.74) is 2.04. The van der Waals surface area contributed by atoms with Crippen molar-refractivity contribution in [3.8, 4) is 0 Å². The lowest BCUT2D eigenvalue weighted by Crippen LogP contribution is -2.53. The van der Waals surface area contributed by atoms with Crippen LogP contribution in [0.4, 0.5) is 0 Å². The first-order valence-electron chi connectivity index (χ1n) is 13.9. The van der Waals surface area contributed by atoms with E-state index in [1.807, 2.05) is 0 Å². The molecular formula is C30H52O2. The molecule has 4 aliphatic rings. The summed E-state index contributed by atoms with van der Waals surface area (Å²) in [5.74, 6) is 3.88. The zero-order valence-electron chi connectivity index (χ0n) is 22.2. The van der Waals surface area contributed by atoms with E-state index in [1.165, 1.54) is 38.5 Å². The van der Waals surface area contributed by atoms with E-state index in [9.17, 15) is 10.2 Å². The van der Waals surface area contributed by atoms with Crippen LogP contribution >= 0.6 is 0 Å². The highest BCUT2D eigenvalue weighted by Gasteiger charge is 2.61. The first-order chi connectivity index (χ1) is 14.8. The lowest BCUT2D eigenvalue weighted by atomic mass is 9.44. The molecule has 2 heteroatoms. The summed E-state index contributed by atoms with van der Waals surface area (Å²) in [4.78, 5) is 0. The summed E-state index contributed by atoms with van der Waals surface area (Å²) >= 11 is 0. The normalized spacial score (nSPS) is 46.0. The van der Waals surface area contributed by atoms with E-state index in [0.717, 1.165) is 55.8 Å².